The van der Waals surface area contributed by atoms with Gasteiger partial charge in [0, 0.05) is 42.6 Å². The molecule has 0 fully saturated rings. The molecule has 1 heterocycles. The van der Waals surface area contributed by atoms with Gasteiger partial charge in [0.1, 0.15) is 0 Å². The molecule has 0 aliphatic heterocycles. The van der Waals surface area contributed by atoms with Crippen LogP contribution in [0.2, 0.25) is 0 Å². The molecule has 0 saturated carbocycles. The van der Waals surface area contributed by atoms with Gasteiger partial charge in [0.15, 0.2) is 0 Å². The van der Waals surface area contributed by atoms with Gasteiger partial charge in [-0.3, -0.25) is 0 Å². The summed E-state index contributed by atoms with van der Waals surface area (Å²) in [6, 6.07) is 69.7. The maximum atomic E-state index is 2.43. The summed E-state index contributed by atoms with van der Waals surface area (Å²) in [5, 5.41) is 7.73. The summed E-state index contributed by atoms with van der Waals surface area (Å²) in [4.78, 5) is 2.43. The predicted molar refractivity (Wildman–Crippen MR) is 237 cm³/mol. The van der Waals surface area contributed by atoms with Crippen molar-refractivity contribution in [2.24, 2.45) is 0 Å². The Balaban J connectivity index is 1.03. The second kappa shape index (κ2) is 12.3. The van der Waals surface area contributed by atoms with Gasteiger partial charge in [-0.1, -0.05) is 141 Å². The van der Waals surface area contributed by atoms with E-state index in [4.69, 9.17) is 0 Å². The van der Waals surface area contributed by atoms with Crippen LogP contribution in [0.3, 0.4) is 0 Å². The second-order valence-electron chi connectivity index (χ2n) is 15.4. The Morgan fingerprint density at radius 1 is 0.364 bits per heavy atom. The predicted octanol–water partition coefficient (Wildman–Crippen LogP) is 15.5. The van der Waals surface area contributed by atoms with Crippen molar-refractivity contribution < 1.29 is 0 Å². The van der Waals surface area contributed by atoms with Crippen LogP contribution in [0.1, 0.15) is 25.0 Å². The normalized spacial score (nSPS) is 13.1. The van der Waals surface area contributed by atoms with Gasteiger partial charge >= 0.3 is 0 Å². The van der Waals surface area contributed by atoms with E-state index in [2.05, 4.69) is 207 Å². The van der Waals surface area contributed by atoms with Gasteiger partial charge in [0.05, 0.1) is 0 Å². The molecule has 0 unspecified atom stereocenters. The standard InChI is InChI=1S/C53H37NS/c1-53(2)49-19-7-5-16-45(49)46-28-27-42(33-50(46)53)54(41-14-9-13-38(30-41)44-18-10-12-35-11-3-4-15-43(35)44)40-25-23-34(24-26-40)36-21-22-37-32-52-48(31-39(37)29-36)47-17-6-8-20-51(47)55-52/h3-33H,1-2H3. The lowest BCUT2D eigenvalue weighted by molar-refractivity contribution is 0.660. The lowest BCUT2D eigenvalue weighted by atomic mass is 9.82. The number of thiophene rings is 1. The summed E-state index contributed by atoms with van der Waals surface area (Å²) in [6.07, 6.45) is 0. The van der Waals surface area contributed by atoms with E-state index in [9.17, 15) is 0 Å². The fourth-order valence-corrected chi connectivity index (χ4v) is 10.2. The molecular weight excluding hydrogens is 683 g/mol. The number of fused-ring (bicyclic) bond motifs is 8. The number of rotatable bonds is 5. The maximum absolute atomic E-state index is 2.43. The third kappa shape index (κ3) is 5.13. The van der Waals surface area contributed by atoms with Crippen molar-refractivity contribution >= 4 is 70.1 Å². The van der Waals surface area contributed by atoms with Gasteiger partial charge in [0.2, 0.25) is 0 Å². The second-order valence-corrected chi connectivity index (χ2v) is 16.5. The van der Waals surface area contributed by atoms with Gasteiger partial charge in [-0.05, 0) is 127 Å². The molecule has 9 aromatic carbocycles. The highest BCUT2D eigenvalue weighted by atomic mass is 32.1. The molecule has 260 valence electrons. The molecule has 0 atom stereocenters. The Bertz CT molecular complexity index is 3120. The van der Waals surface area contributed by atoms with Gasteiger partial charge in [0.25, 0.3) is 0 Å². The van der Waals surface area contributed by atoms with Crippen LogP contribution < -0.4 is 4.90 Å². The molecular formula is C53H37NS. The molecule has 0 radical (unpaired) electrons. The van der Waals surface area contributed by atoms with Gasteiger partial charge in [-0.25, -0.2) is 0 Å². The first-order valence-electron chi connectivity index (χ1n) is 19.1. The number of anilines is 3. The number of nitrogens with zero attached hydrogens (tertiary/aromatic N) is 1. The summed E-state index contributed by atoms with van der Waals surface area (Å²) in [5.74, 6) is 0. The van der Waals surface area contributed by atoms with Crippen LogP contribution >= 0.6 is 11.3 Å². The highest BCUT2D eigenvalue weighted by molar-refractivity contribution is 7.25. The van der Waals surface area contributed by atoms with Crippen molar-refractivity contribution in [3.8, 4) is 33.4 Å². The smallest absolute Gasteiger partial charge is 0.0467 e. The number of benzene rings is 9. The fourth-order valence-electron chi connectivity index (χ4n) is 9.02. The van der Waals surface area contributed by atoms with Gasteiger partial charge in [-0.15, -0.1) is 11.3 Å². The van der Waals surface area contributed by atoms with Crippen molar-refractivity contribution in [3.63, 3.8) is 0 Å². The minimum absolute atomic E-state index is 0.0980. The zero-order valence-corrected chi connectivity index (χ0v) is 31.6. The third-order valence-corrected chi connectivity index (χ3v) is 13.0. The summed E-state index contributed by atoms with van der Waals surface area (Å²) < 4.78 is 2.68. The minimum Gasteiger partial charge on any atom is -0.310 e. The summed E-state index contributed by atoms with van der Waals surface area (Å²) >= 11 is 1.88. The average molecular weight is 720 g/mol. The number of hydrogen-bond donors (Lipinski definition) is 0. The first-order valence-corrected chi connectivity index (χ1v) is 19.9. The monoisotopic (exact) mass is 719 g/mol. The first kappa shape index (κ1) is 32.0. The van der Waals surface area contributed by atoms with Crippen LogP contribution in [-0.4, -0.2) is 0 Å². The molecule has 1 aromatic heterocycles. The van der Waals surface area contributed by atoms with Crippen molar-refractivity contribution in [1.29, 1.82) is 0 Å². The van der Waals surface area contributed by atoms with Crippen LogP contribution in [-0.2, 0) is 5.41 Å². The molecule has 10 aromatic rings. The summed E-state index contributed by atoms with van der Waals surface area (Å²) in [5.41, 5.74) is 13.6. The van der Waals surface area contributed by atoms with Crippen LogP contribution in [0.4, 0.5) is 17.1 Å². The molecule has 0 saturated heterocycles. The molecule has 0 spiro atoms. The molecule has 1 aliphatic carbocycles. The summed E-state index contributed by atoms with van der Waals surface area (Å²) in [6.45, 7) is 4.72. The van der Waals surface area contributed by atoms with Crippen LogP contribution in [0.25, 0.3) is 75.1 Å². The average Bonchev–Trinajstić information content (AvgIpc) is 3.70. The van der Waals surface area contributed by atoms with E-state index in [1.165, 1.54) is 86.2 Å². The van der Waals surface area contributed by atoms with Crippen LogP contribution in [0, 0.1) is 0 Å². The van der Waals surface area contributed by atoms with E-state index in [1.54, 1.807) is 0 Å². The van der Waals surface area contributed by atoms with Crippen molar-refractivity contribution in [3.05, 3.63) is 199 Å². The fraction of sp³-hybridized carbons (Fsp3) is 0.0566. The largest absolute Gasteiger partial charge is 0.310 e. The van der Waals surface area contributed by atoms with Gasteiger partial charge in [-0.2, -0.15) is 0 Å². The van der Waals surface area contributed by atoms with E-state index in [1.807, 2.05) is 11.3 Å². The lowest BCUT2D eigenvalue weighted by Gasteiger charge is -2.28. The van der Waals surface area contributed by atoms with Crippen molar-refractivity contribution in [2.75, 3.05) is 4.90 Å². The minimum atomic E-state index is -0.0980. The zero-order chi connectivity index (χ0) is 36.7. The Kier molecular flexibility index (Phi) is 7.14. The lowest BCUT2D eigenvalue weighted by Crippen LogP contribution is -2.16. The Labute approximate surface area is 325 Å². The van der Waals surface area contributed by atoms with E-state index in [0.717, 1.165) is 17.1 Å². The highest BCUT2D eigenvalue weighted by Gasteiger charge is 2.35. The third-order valence-electron chi connectivity index (χ3n) is 11.8. The Hall–Kier alpha value is -6.48. The van der Waals surface area contributed by atoms with E-state index in [0.29, 0.717) is 0 Å². The molecule has 1 aliphatic rings. The maximum Gasteiger partial charge on any atom is 0.0467 e. The molecule has 1 nitrogen and oxygen atoms in total. The topological polar surface area (TPSA) is 3.24 Å². The Morgan fingerprint density at radius 2 is 1.05 bits per heavy atom. The summed E-state index contributed by atoms with van der Waals surface area (Å²) in [7, 11) is 0. The zero-order valence-electron chi connectivity index (χ0n) is 30.8. The quantitative estimate of drug-likeness (QED) is 0.171. The highest BCUT2D eigenvalue weighted by Crippen LogP contribution is 2.51. The molecule has 0 bridgehead atoms. The van der Waals surface area contributed by atoms with E-state index >= 15 is 0 Å². The molecule has 55 heavy (non-hydrogen) atoms. The van der Waals surface area contributed by atoms with E-state index < -0.39 is 0 Å². The van der Waals surface area contributed by atoms with E-state index in [-0.39, 0.29) is 5.41 Å². The SMILES string of the molecule is CC1(C)c2ccccc2-c2ccc(N(c3ccc(-c4ccc5cc6sc7ccccc7c6cc5c4)cc3)c3cccc(-c4cccc5ccccc45)c3)cc21. The Morgan fingerprint density at radius 3 is 1.96 bits per heavy atom. The molecule has 0 amide bonds. The van der Waals surface area contributed by atoms with Crippen LogP contribution in [0.5, 0.6) is 0 Å². The first-order chi connectivity index (χ1) is 27.0. The van der Waals surface area contributed by atoms with Gasteiger partial charge < -0.3 is 4.90 Å². The molecule has 11 rings (SSSR count). The van der Waals surface area contributed by atoms with Crippen LogP contribution in [0.15, 0.2) is 188 Å². The van der Waals surface area contributed by atoms with Crippen molar-refractivity contribution in [2.45, 2.75) is 19.3 Å². The van der Waals surface area contributed by atoms with Crippen molar-refractivity contribution in [1.82, 2.24) is 0 Å². The molecule has 2 heteroatoms. The molecule has 0 N–H and O–H groups in total. The number of hydrogen-bond acceptors (Lipinski definition) is 2.